The molecule has 1 fully saturated rings. The highest BCUT2D eigenvalue weighted by Crippen LogP contribution is 2.19. The number of ketones is 1. The topological polar surface area (TPSA) is 46.8 Å². The quantitative estimate of drug-likeness (QED) is 0.632. The van der Waals surface area contributed by atoms with E-state index >= 15 is 0 Å². The third-order valence-electron chi connectivity index (χ3n) is 3.49. The van der Waals surface area contributed by atoms with Gasteiger partial charge in [-0.25, -0.2) is 4.98 Å². The van der Waals surface area contributed by atoms with E-state index in [4.69, 9.17) is 4.74 Å². The maximum absolute atomic E-state index is 12.0. The van der Waals surface area contributed by atoms with E-state index in [1.165, 1.54) is 0 Å². The van der Waals surface area contributed by atoms with Crippen LogP contribution < -0.4 is 4.90 Å². The van der Waals surface area contributed by atoms with E-state index < -0.39 is 0 Å². The molecule has 3 heterocycles. The Bertz CT molecular complexity index is 669. The fourth-order valence-electron chi connectivity index (χ4n) is 2.37. The number of fused-ring (bicyclic) bond motifs is 1. The van der Waals surface area contributed by atoms with Crippen molar-refractivity contribution in [2.75, 3.05) is 31.2 Å². The lowest BCUT2D eigenvalue weighted by Crippen LogP contribution is -2.36. The van der Waals surface area contributed by atoms with Gasteiger partial charge in [0.15, 0.2) is 0 Å². The number of morpholine rings is 1. The second-order valence-electron chi connectivity index (χ2n) is 4.97. The Labute approximate surface area is 117 Å². The predicted molar refractivity (Wildman–Crippen MR) is 77.4 cm³/mol. The van der Waals surface area contributed by atoms with E-state index in [1.807, 2.05) is 18.3 Å². The average Bonchev–Trinajstić information content (AvgIpc) is 2.90. The highest BCUT2D eigenvalue weighted by Gasteiger charge is 2.15. The third-order valence-corrected chi connectivity index (χ3v) is 3.49. The number of carbonyl (C=O) groups excluding carboxylic acids is 1. The van der Waals surface area contributed by atoms with Gasteiger partial charge in [0.25, 0.3) is 0 Å². The third kappa shape index (κ3) is 2.20. The van der Waals surface area contributed by atoms with Gasteiger partial charge in [0.05, 0.1) is 19.4 Å². The van der Waals surface area contributed by atoms with Crippen LogP contribution in [0.4, 0.5) is 5.69 Å². The number of Topliss-reactive ketones (excluding diaryl/α,β-unsaturated/α-hetero) is 1. The highest BCUT2D eigenvalue weighted by atomic mass is 16.5. The second kappa shape index (κ2) is 5.09. The molecule has 0 bridgehead atoms. The molecule has 2 aromatic heterocycles. The Kier molecular flexibility index (Phi) is 3.28. The minimum Gasteiger partial charge on any atom is -0.378 e. The first-order valence-electron chi connectivity index (χ1n) is 6.67. The SMILES string of the molecule is C=C(C)C(=O)c1cnc2cc(N3CCOCC3)ccn12. The molecule has 0 spiro atoms. The van der Waals surface area contributed by atoms with Crippen molar-refractivity contribution in [2.24, 2.45) is 0 Å². The molecule has 20 heavy (non-hydrogen) atoms. The molecule has 3 rings (SSSR count). The summed E-state index contributed by atoms with van der Waals surface area (Å²) in [6, 6.07) is 4.01. The lowest BCUT2D eigenvalue weighted by Gasteiger charge is -2.28. The van der Waals surface area contributed by atoms with E-state index in [-0.39, 0.29) is 5.78 Å². The number of anilines is 1. The second-order valence-corrected chi connectivity index (χ2v) is 4.97. The molecule has 0 N–H and O–H groups in total. The molecule has 0 aliphatic carbocycles. The zero-order valence-electron chi connectivity index (χ0n) is 11.5. The molecule has 2 aromatic rings. The number of ether oxygens (including phenoxy) is 1. The molecule has 0 atom stereocenters. The van der Waals surface area contributed by atoms with Crippen molar-refractivity contribution in [1.82, 2.24) is 9.38 Å². The molecule has 104 valence electrons. The standard InChI is InChI=1S/C15H17N3O2/c1-11(2)15(19)13-10-16-14-9-12(3-4-18(13)14)17-5-7-20-8-6-17/h3-4,9-10H,1,5-8H2,2H3. The van der Waals surface area contributed by atoms with Gasteiger partial charge >= 0.3 is 0 Å². The fraction of sp³-hybridized carbons (Fsp3) is 0.333. The van der Waals surface area contributed by atoms with Crippen LogP contribution in [0.25, 0.3) is 5.65 Å². The minimum atomic E-state index is -0.0726. The number of nitrogens with zero attached hydrogens (tertiary/aromatic N) is 3. The van der Waals surface area contributed by atoms with E-state index in [9.17, 15) is 4.79 Å². The van der Waals surface area contributed by atoms with E-state index in [0.717, 1.165) is 37.6 Å². The summed E-state index contributed by atoms with van der Waals surface area (Å²) < 4.78 is 7.16. The number of allylic oxidation sites excluding steroid dienone is 1. The summed E-state index contributed by atoms with van der Waals surface area (Å²) >= 11 is 0. The Hall–Kier alpha value is -2.14. The molecular formula is C15H17N3O2. The average molecular weight is 271 g/mol. The smallest absolute Gasteiger partial charge is 0.206 e. The summed E-state index contributed by atoms with van der Waals surface area (Å²) in [5.41, 5.74) is 2.96. The van der Waals surface area contributed by atoms with Crippen LogP contribution in [0.5, 0.6) is 0 Å². The summed E-state index contributed by atoms with van der Waals surface area (Å²) in [4.78, 5) is 18.6. The van der Waals surface area contributed by atoms with Gasteiger partial charge in [-0.1, -0.05) is 6.58 Å². The fourth-order valence-corrected chi connectivity index (χ4v) is 2.37. The minimum absolute atomic E-state index is 0.0726. The number of carbonyl (C=O) groups is 1. The predicted octanol–water partition coefficient (Wildman–Crippen LogP) is 1.93. The first-order chi connectivity index (χ1) is 9.66. The van der Waals surface area contributed by atoms with Crippen molar-refractivity contribution in [1.29, 1.82) is 0 Å². The highest BCUT2D eigenvalue weighted by molar-refractivity contribution is 6.07. The van der Waals surface area contributed by atoms with Crippen LogP contribution in [0.1, 0.15) is 17.4 Å². The van der Waals surface area contributed by atoms with Crippen molar-refractivity contribution in [2.45, 2.75) is 6.92 Å². The van der Waals surface area contributed by atoms with Crippen molar-refractivity contribution in [3.63, 3.8) is 0 Å². The van der Waals surface area contributed by atoms with Crippen LogP contribution in [0.15, 0.2) is 36.7 Å². The number of pyridine rings is 1. The number of hydrogen-bond donors (Lipinski definition) is 0. The molecule has 1 saturated heterocycles. The first-order valence-corrected chi connectivity index (χ1v) is 6.67. The van der Waals surface area contributed by atoms with Gasteiger partial charge in [0.1, 0.15) is 11.3 Å². The normalized spacial score (nSPS) is 15.6. The monoisotopic (exact) mass is 271 g/mol. The van der Waals surface area contributed by atoms with Crippen LogP contribution in [0, 0.1) is 0 Å². The number of imidazole rings is 1. The largest absolute Gasteiger partial charge is 0.378 e. The molecular weight excluding hydrogens is 254 g/mol. The molecule has 0 saturated carbocycles. The van der Waals surface area contributed by atoms with E-state index in [2.05, 4.69) is 16.5 Å². The van der Waals surface area contributed by atoms with Crippen molar-refractivity contribution >= 4 is 17.1 Å². The van der Waals surface area contributed by atoms with Crippen LogP contribution in [0.2, 0.25) is 0 Å². The summed E-state index contributed by atoms with van der Waals surface area (Å²) in [5.74, 6) is -0.0726. The zero-order chi connectivity index (χ0) is 14.1. The maximum Gasteiger partial charge on any atom is 0.206 e. The van der Waals surface area contributed by atoms with Crippen molar-refractivity contribution < 1.29 is 9.53 Å². The molecule has 5 heteroatoms. The lowest BCUT2D eigenvalue weighted by molar-refractivity contribution is 0.102. The van der Waals surface area contributed by atoms with Crippen LogP contribution in [-0.4, -0.2) is 41.5 Å². The Morgan fingerprint density at radius 1 is 1.40 bits per heavy atom. The Balaban J connectivity index is 1.97. The Morgan fingerprint density at radius 2 is 2.15 bits per heavy atom. The van der Waals surface area contributed by atoms with E-state index in [1.54, 1.807) is 17.5 Å². The summed E-state index contributed by atoms with van der Waals surface area (Å²) in [5, 5.41) is 0. The summed E-state index contributed by atoms with van der Waals surface area (Å²) in [7, 11) is 0. The van der Waals surface area contributed by atoms with Gasteiger partial charge in [-0.2, -0.15) is 0 Å². The van der Waals surface area contributed by atoms with Crippen LogP contribution >= 0.6 is 0 Å². The molecule has 5 nitrogen and oxygen atoms in total. The number of aromatic nitrogens is 2. The lowest BCUT2D eigenvalue weighted by atomic mass is 10.2. The number of rotatable bonds is 3. The van der Waals surface area contributed by atoms with Crippen molar-refractivity contribution in [3.05, 3.63) is 42.4 Å². The molecule has 1 aliphatic rings. The first kappa shape index (κ1) is 12.9. The van der Waals surface area contributed by atoms with Gasteiger partial charge in [-0.15, -0.1) is 0 Å². The van der Waals surface area contributed by atoms with Gasteiger partial charge in [-0.05, 0) is 18.6 Å². The molecule has 0 radical (unpaired) electrons. The van der Waals surface area contributed by atoms with Gasteiger partial charge in [-0.3, -0.25) is 9.20 Å². The van der Waals surface area contributed by atoms with Gasteiger partial charge in [0.2, 0.25) is 5.78 Å². The van der Waals surface area contributed by atoms with E-state index in [0.29, 0.717) is 11.3 Å². The molecule has 0 amide bonds. The summed E-state index contributed by atoms with van der Waals surface area (Å²) in [6.45, 7) is 8.67. The Morgan fingerprint density at radius 3 is 2.85 bits per heavy atom. The van der Waals surface area contributed by atoms with Crippen LogP contribution in [-0.2, 0) is 4.74 Å². The summed E-state index contributed by atoms with van der Waals surface area (Å²) in [6.07, 6.45) is 3.50. The molecule has 0 aromatic carbocycles. The molecule has 1 aliphatic heterocycles. The zero-order valence-corrected chi connectivity index (χ0v) is 11.5. The molecule has 0 unspecified atom stereocenters. The van der Waals surface area contributed by atoms with Crippen LogP contribution in [0.3, 0.4) is 0 Å². The van der Waals surface area contributed by atoms with Crippen molar-refractivity contribution in [3.8, 4) is 0 Å². The van der Waals surface area contributed by atoms with Gasteiger partial charge in [0, 0.05) is 31.0 Å². The number of hydrogen-bond acceptors (Lipinski definition) is 4. The maximum atomic E-state index is 12.0. The van der Waals surface area contributed by atoms with Gasteiger partial charge < -0.3 is 9.64 Å².